The Balaban J connectivity index is 2.57. The molecule has 0 saturated heterocycles. The van der Waals surface area contributed by atoms with Crippen molar-refractivity contribution in [2.24, 2.45) is 7.05 Å². The quantitative estimate of drug-likeness (QED) is 0.789. The van der Waals surface area contributed by atoms with Crippen molar-refractivity contribution in [2.75, 3.05) is 12.0 Å². The molecule has 16 heavy (non-hydrogen) atoms. The SMILES string of the molecule is CSCCn1c(CCl)nc2c(C)nn(C)c21. The van der Waals surface area contributed by atoms with E-state index in [9.17, 15) is 0 Å². The first-order valence-electron chi connectivity index (χ1n) is 5.12. The third-order valence-electron chi connectivity index (χ3n) is 2.61. The molecule has 2 heterocycles. The van der Waals surface area contributed by atoms with Gasteiger partial charge in [-0.25, -0.2) is 4.98 Å². The van der Waals surface area contributed by atoms with Crippen LogP contribution < -0.4 is 0 Å². The van der Waals surface area contributed by atoms with Crippen LogP contribution in [0.1, 0.15) is 11.5 Å². The standard InChI is InChI=1S/C10H15ClN4S/c1-7-9-10(14(2)13-7)15(4-5-16-3)8(6-11)12-9/h4-6H2,1-3H3. The lowest BCUT2D eigenvalue weighted by molar-refractivity contribution is 0.691. The Morgan fingerprint density at radius 1 is 1.44 bits per heavy atom. The van der Waals surface area contributed by atoms with E-state index in [2.05, 4.69) is 20.9 Å². The molecule has 0 unspecified atom stereocenters. The molecule has 0 aliphatic rings. The number of thioether (sulfide) groups is 1. The Bertz CT molecular complexity index is 502. The van der Waals surface area contributed by atoms with E-state index >= 15 is 0 Å². The van der Waals surface area contributed by atoms with Crippen LogP contribution in [0.25, 0.3) is 11.2 Å². The third-order valence-corrected chi connectivity index (χ3v) is 3.44. The van der Waals surface area contributed by atoms with Crippen LogP contribution in [-0.4, -0.2) is 31.3 Å². The highest BCUT2D eigenvalue weighted by atomic mass is 35.5. The molecule has 0 fully saturated rings. The number of nitrogens with zero attached hydrogens (tertiary/aromatic N) is 4. The number of alkyl halides is 1. The van der Waals surface area contributed by atoms with Gasteiger partial charge in [0.15, 0.2) is 5.65 Å². The van der Waals surface area contributed by atoms with E-state index in [1.165, 1.54) is 0 Å². The molecule has 2 rings (SSSR count). The number of aromatic nitrogens is 4. The Kier molecular flexibility index (Phi) is 3.44. The second kappa shape index (κ2) is 4.67. The van der Waals surface area contributed by atoms with Crippen molar-refractivity contribution in [1.82, 2.24) is 19.3 Å². The fourth-order valence-corrected chi connectivity index (χ4v) is 2.47. The van der Waals surface area contributed by atoms with E-state index < -0.39 is 0 Å². The van der Waals surface area contributed by atoms with Crippen LogP contribution in [0.5, 0.6) is 0 Å². The minimum Gasteiger partial charge on any atom is -0.311 e. The lowest BCUT2D eigenvalue weighted by Gasteiger charge is -2.06. The maximum absolute atomic E-state index is 5.92. The van der Waals surface area contributed by atoms with Crippen molar-refractivity contribution in [3.05, 3.63) is 11.5 Å². The molecule has 4 nitrogen and oxygen atoms in total. The zero-order valence-corrected chi connectivity index (χ0v) is 11.3. The van der Waals surface area contributed by atoms with Gasteiger partial charge in [-0.2, -0.15) is 16.9 Å². The minimum absolute atomic E-state index is 0.447. The van der Waals surface area contributed by atoms with Gasteiger partial charge in [0.1, 0.15) is 11.3 Å². The maximum Gasteiger partial charge on any atom is 0.158 e. The van der Waals surface area contributed by atoms with Gasteiger partial charge in [-0.3, -0.25) is 4.68 Å². The fraction of sp³-hybridized carbons (Fsp3) is 0.600. The van der Waals surface area contributed by atoms with Gasteiger partial charge in [-0.1, -0.05) is 0 Å². The highest BCUT2D eigenvalue weighted by molar-refractivity contribution is 7.98. The summed E-state index contributed by atoms with van der Waals surface area (Å²) in [7, 11) is 1.95. The fourth-order valence-electron chi connectivity index (χ4n) is 1.90. The normalized spacial score (nSPS) is 11.5. The average Bonchev–Trinajstić information content (AvgIpc) is 2.75. The summed E-state index contributed by atoms with van der Waals surface area (Å²) in [5.41, 5.74) is 3.01. The molecule has 2 aromatic heterocycles. The van der Waals surface area contributed by atoms with Crippen LogP contribution in [0.2, 0.25) is 0 Å². The summed E-state index contributed by atoms with van der Waals surface area (Å²) in [5.74, 6) is 2.43. The van der Waals surface area contributed by atoms with E-state index in [0.29, 0.717) is 5.88 Å². The van der Waals surface area contributed by atoms with Crippen LogP contribution in [0.3, 0.4) is 0 Å². The van der Waals surface area contributed by atoms with Crippen molar-refractivity contribution in [2.45, 2.75) is 19.3 Å². The van der Waals surface area contributed by atoms with Gasteiger partial charge < -0.3 is 4.57 Å². The van der Waals surface area contributed by atoms with Crippen LogP contribution in [-0.2, 0) is 19.5 Å². The second-order valence-electron chi connectivity index (χ2n) is 3.69. The Morgan fingerprint density at radius 2 is 2.19 bits per heavy atom. The van der Waals surface area contributed by atoms with E-state index in [4.69, 9.17) is 11.6 Å². The van der Waals surface area contributed by atoms with Crippen molar-refractivity contribution < 1.29 is 0 Å². The van der Waals surface area contributed by atoms with E-state index in [1.54, 1.807) is 0 Å². The number of halogens is 1. The monoisotopic (exact) mass is 258 g/mol. The summed E-state index contributed by atoms with van der Waals surface area (Å²) in [6.45, 7) is 2.91. The van der Waals surface area contributed by atoms with Crippen LogP contribution in [0.15, 0.2) is 0 Å². The Hall–Kier alpha value is -0.680. The molecule has 6 heteroatoms. The Labute approximate surface area is 104 Å². The minimum atomic E-state index is 0.447. The van der Waals surface area contributed by atoms with Crippen molar-refractivity contribution >= 4 is 34.5 Å². The Morgan fingerprint density at radius 3 is 2.81 bits per heavy atom. The number of hydrogen-bond donors (Lipinski definition) is 0. The molecule has 2 aromatic rings. The summed E-state index contributed by atoms with van der Waals surface area (Å²) in [5, 5.41) is 4.38. The summed E-state index contributed by atoms with van der Waals surface area (Å²) in [4.78, 5) is 4.54. The predicted molar refractivity (Wildman–Crippen MR) is 69.2 cm³/mol. The number of rotatable bonds is 4. The molecule has 0 aliphatic heterocycles. The molecule has 88 valence electrons. The predicted octanol–water partition coefficient (Wildman–Crippen LogP) is 2.18. The summed E-state index contributed by atoms with van der Waals surface area (Å²) < 4.78 is 4.05. The second-order valence-corrected chi connectivity index (χ2v) is 4.94. The molecule has 0 spiro atoms. The highest BCUT2D eigenvalue weighted by Crippen LogP contribution is 2.20. The van der Waals surface area contributed by atoms with E-state index in [-0.39, 0.29) is 0 Å². The summed E-state index contributed by atoms with van der Waals surface area (Å²) in [6.07, 6.45) is 2.10. The molecular formula is C10H15ClN4S. The highest BCUT2D eigenvalue weighted by Gasteiger charge is 2.16. The lowest BCUT2D eigenvalue weighted by atomic mass is 10.4. The number of fused-ring (bicyclic) bond motifs is 1. The van der Waals surface area contributed by atoms with Gasteiger partial charge in [-0.05, 0) is 13.2 Å². The smallest absolute Gasteiger partial charge is 0.158 e. The zero-order valence-electron chi connectivity index (χ0n) is 9.70. The summed E-state index contributed by atoms with van der Waals surface area (Å²) in [6, 6.07) is 0. The van der Waals surface area contributed by atoms with Crippen LogP contribution >= 0.6 is 23.4 Å². The van der Waals surface area contributed by atoms with Gasteiger partial charge in [0.25, 0.3) is 0 Å². The molecule has 0 radical (unpaired) electrons. The molecule has 0 amide bonds. The first kappa shape index (κ1) is 11.8. The largest absolute Gasteiger partial charge is 0.311 e. The van der Waals surface area contributed by atoms with Crippen molar-refractivity contribution in [1.29, 1.82) is 0 Å². The van der Waals surface area contributed by atoms with E-state index in [0.717, 1.165) is 35.0 Å². The topological polar surface area (TPSA) is 35.6 Å². The molecule has 0 aliphatic carbocycles. The first-order valence-corrected chi connectivity index (χ1v) is 7.05. The summed E-state index contributed by atoms with van der Waals surface area (Å²) >= 11 is 7.74. The van der Waals surface area contributed by atoms with Gasteiger partial charge in [0, 0.05) is 19.3 Å². The molecule has 0 N–H and O–H groups in total. The zero-order chi connectivity index (χ0) is 11.7. The number of hydrogen-bond acceptors (Lipinski definition) is 3. The van der Waals surface area contributed by atoms with Crippen molar-refractivity contribution in [3.8, 4) is 0 Å². The first-order chi connectivity index (χ1) is 7.69. The van der Waals surface area contributed by atoms with Gasteiger partial charge in [0.2, 0.25) is 0 Å². The van der Waals surface area contributed by atoms with Gasteiger partial charge in [0.05, 0.1) is 11.6 Å². The number of imidazole rings is 1. The van der Waals surface area contributed by atoms with Crippen molar-refractivity contribution in [3.63, 3.8) is 0 Å². The molecule has 0 aromatic carbocycles. The molecular weight excluding hydrogens is 244 g/mol. The lowest BCUT2D eigenvalue weighted by Crippen LogP contribution is -2.08. The van der Waals surface area contributed by atoms with E-state index in [1.807, 2.05) is 30.4 Å². The van der Waals surface area contributed by atoms with Gasteiger partial charge >= 0.3 is 0 Å². The number of aryl methyl sites for hydroxylation is 3. The van der Waals surface area contributed by atoms with Crippen LogP contribution in [0, 0.1) is 6.92 Å². The van der Waals surface area contributed by atoms with Crippen LogP contribution in [0.4, 0.5) is 0 Å². The molecule has 0 saturated carbocycles. The molecule has 0 bridgehead atoms. The molecule has 0 atom stereocenters. The average molecular weight is 259 g/mol. The van der Waals surface area contributed by atoms with Gasteiger partial charge in [-0.15, -0.1) is 11.6 Å². The maximum atomic E-state index is 5.92. The third kappa shape index (κ3) is 1.82.